The molecule has 0 fully saturated rings. The Morgan fingerprint density at radius 3 is 2.84 bits per heavy atom. The van der Waals surface area contributed by atoms with Crippen LogP contribution in [0.4, 0.5) is 5.69 Å². The normalized spacial score (nSPS) is 15.7. The molecule has 0 saturated heterocycles. The minimum absolute atomic E-state index is 0.183. The van der Waals surface area contributed by atoms with E-state index in [0.29, 0.717) is 5.76 Å². The average molecular weight is 268 g/mol. The molecule has 4 heteroatoms. The largest absolute Gasteiger partial charge is 0.453 e. The first kappa shape index (κ1) is 11.9. The molecule has 0 bridgehead atoms. The SMILES string of the molecule is CC1(C)C(=S)Nc2ccc(-c3ccoc3C#N)cc21. The topological polar surface area (TPSA) is 49.0 Å². The van der Waals surface area contributed by atoms with Gasteiger partial charge in [-0.3, -0.25) is 0 Å². The summed E-state index contributed by atoms with van der Waals surface area (Å²) < 4.78 is 5.16. The van der Waals surface area contributed by atoms with E-state index in [-0.39, 0.29) is 5.41 Å². The molecule has 0 spiro atoms. The summed E-state index contributed by atoms with van der Waals surface area (Å²) in [5.41, 5.74) is 3.81. The maximum atomic E-state index is 9.03. The van der Waals surface area contributed by atoms with E-state index in [0.717, 1.165) is 27.4 Å². The molecule has 3 nitrogen and oxygen atoms in total. The summed E-state index contributed by atoms with van der Waals surface area (Å²) in [6.45, 7) is 4.19. The van der Waals surface area contributed by atoms with Gasteiger partial charge in [-0.2, -0.15) is 5.26 Å². The average Bonchev–Trinajstić information content (AvgIpc) is 2.94. The number of nitrogens with one attached hydrogen (secondary N) is 1. The lowest BCUT2D eigenvalue weighted by Gasteiger charge is -2.18. The number of anilines is 1. The lowest BCUT2D eigenvalue weighted by atomic mass is 9.85. The van der Waals surface area contributed by atoms with E-state index in [9.17, 15) is 0 Å². The predicted octanol–water partition coefficient (Wildman–Crippen LogP) is 3.85. The van der Waals surface area contributed by atoms with Gasteiger partial charge in [0.1, 0.15) is 6.07 Å². The first-order valence-corrected chi connectivity index (χ1v) is 6.39. The van der Waals surface area contributed by atoms with Gasteiger partial charge in [-0.25, -0.2) is 0 Å². The highest BCUT2D eigenvalue weighted by atomic mass is 32.1. The second-order valence-corrected chi connectivity index (χ2v) is 5.52. The molecular weight excluding hydrogens is 256 g/mol. The van der Waals surface area contributed by atoms with Crippen LogP contribution in [0, 0.1) is 11.3 Å². The van der Waals surface area contributed by atoms with Gasteiger partial charge in [-0.05, 0) is 43.2 Å². The van der Waals surface area contributed by atoms with Crippen LogP contribution in [0.15, 0.2) is 34.9 Å². The van der Waals surface area contributed by atoms with Gasteiger partial charge < -0.3 is 9.73 Å². The number of rotatable bonds is 1. The third-order valence-electron chi connectivity index (χ3n) is 3.59. The second-order valence-electron chi connectivity index (χ2n) is 5.11. The van der Waals surface area contributed by atoms with Crippen molar-refractivity contribution in [1.29, 1.82) is 5.26 Å². The van der Waals surface area contributed by atoms with E-state index in [1.54, 1.807) is 0 Å². The fourth-order valence-electron chi connectivity index (χ4n) is 2.36. The Morgan fingerprint density at radius 1 is 1.32 bits per heavy atom. The lowest BCUT2D eigenvalue weighted by molar-refractivity contribution is 0.553. The molecule has 2 heterocycles. The Labute approximate surface area is 116 Å². The molecule has 1 aromatic carbocycles. The monoisotopic (exact) mass is 268 g/mol. The van der Waals surface area contributed by atoms with Gasteiger partial charge in [0, 0.05) is 16.7 Å². The molecule has 19 heavy (non-hydrogen) atoms. The van der Waals surface area contributed by atoms with Crippen LogP contribution in [-0.4, -0.2) is 4.99 Å². The fourth-order valence-corrected chi connectivity index (χ4v) is 2.58. The smallest absolute Gasteiger partial charge is 0.211 e. The standard InChI is InChI=1S/C15H12N2OS/c1-15(2)11-7-9(3-4-12(11)17-14(15)19)10-5-6-18-13(10)8-16/h3-7H,1-2H3,(H,17,19). The minimum atomic E-state index is -0.183. The molecule has 0 unspecified atom stereocenters. The second kappa shape index (κ2) is 3.94. The van der Waals surface area contributed by atoms with Crippen molar-refractivity contribution in [3.05, 3.63) is 41.9 Å². The van der Waals surface area contributed by atoms with Crippen LogP contribution >= 0.6 is 12.2 Å². The number of thiocarbonyl (C=S) groups is 1. The molecule has 1 aromatic heterocycles. The molecule has 1 aliphatic heterocycles. The Hall–Kier alpha value is -2.12. The molecule has 2 aromatic rings. The maximum Gasteiger partial charge on any atom is 0.211 e. The third kappa shape index (κ3) is 1.66. The van der Waals surface area contributed by atoms with Crippen molar-refractivity contribution in [2.75, 3.05) is 5.32 Å². The summed E-state index contributed by atoms with van der Waals surface area (Å²) in [4.78, 5) is 0.826. The molecule has 0 atom stereocenters. The van der Waals surface area contributed by atoms with Crippen molar-refractivity contribution in [1.82, 2.24) is 0 Å². The lowest BCUT2D eigenvalue weighted by Crippen LogP contribution is -2.25. The van der Waals surface area contributed by atoms with Crippen LogP contribution in [0.25, 0.3) is 11.1 Å². The van der Waals surface area contributed by atoms with Crippen molar-refractivity contribution < 1.29 is 4.42 Å². The summed E-state index contributed by atoms with van der Waals surface area (Å²) >= 11 is 5.37. The highest BCUT2D eigenvalue weighted by Crippen LogP contribution is 2.40. The minimum Gasteiger partial charge on any atom is -0.453 e. The number of nitriles is 1. The Morgan fingerprint density at radius 2 is 2.11 bits per heavy atom. The molecule has 0 aliphatic carbocycles. The first-order chi connectivity index (χ1) is 9.04. The van der Waals surface area contributed by atoms with Gasteiger partial charge >= 0.3 is 0 Å². The number of hydrogen-bond donors (Lipinski definition) is 1. The molecule has 1 aliphatic rings. The molecule has 3 rings (SSSR count). The van der Waals surface area contributed by atoms with Gasteiger partial charge in [0.05, 0.1) is 11.3 Å². The van der Waals surface area contributed by atoms with Gasteiger partial charge in [0.15, 0.2) is 0 Å². The molecule has 1 N–H and O–H groups in total. The predicted molar refractivity (Wildman–Crippen MR) is 78.1 cm³/mol. The van der Waals surface area contributed by atoms with Gasteiger partial charge in [0.2, 0.25) is 5.76 Å². The Kier molecular flexibility index (Phi) is 2.48. The zero-order valence-corrected chi connectivity index (χ0v) is 11.5. The Bertz CT molecular complexity index is 722. The third-order valence-corrected chi connectivity index (χ3v) is 4.20. The summed E-state index contributed by atoms with van der Waals surface area (Å²) in [6.07, 6.45) is 1.54. The number of fused-ring (bicyclic) bond motifs is 1. The van der Waals surface area contributed by atoms with Gasteiger partial charge in [0.25, 0.3) is 0 Å². The quantitative estimate of drug-likeness (QED) is 0.798. The van der Waals surface area contributed by atoms with Crippen molar-refractivity contribution in [2.24, 2.45) is 0 Å². The summed E-state index contributed by atoms with van der Waals surface area (Å²) in [5.74, 6) is 0.339. The number of hydrogen-bond acceptors (Lipinski definition) is 3. The van der Waals surface area contributed by atoms with Gasteiger partial charge in [-0.15, -0.1) is 0 Å². The van der Waals surface area contributed by atoms with E-state index in [4.69, 9.17) is 21.9 Å². The summed E-state index contributed by atoms with van der Waals surface area (Å²) in [6, 6.07) is 9.93. The Balaban J connectivity index is 2.17. The van der Waals surface area contributed by atoms with Crippen LogP contribution < -0.4 is 5.32 Å². The van der Waals surface area contributed by atoms with Crippen molar-refractivity contribution in [3.8, 4) is 17.2 Å². The highest BCUT2D eigenvalue weighted by Gasteiger charge is 2.35. The summed E-state index contributed by atoms with van der Waals surface area (Å²) in [5, 5.41) is 12.3. The van der Waals surface area contributed by atoms with Gasteiger partial charge in [-0.1, -0.05) is 18.3 Å². The fraction of sp³-hybridized carbons (Fsp3) is 0.200. The zero-order valence-electron chi connectivity index (χ0n) is 10.7. The molecule has 0 radical (unpaired) electrons. The van der Waals surface area contributed by atoms with Crippen LogP contribution in [0.2, 0.25) is 0 Å². The highest BCUT2D eigenvalue weighted by molar-refractivity contribution is 7.80. The van der Waals surface area contributed by atoms with E-state index in [1.165, 1.54) is 6.26 Å². The van der Waals surface area contributed by atoms with E-state index >= 15 is 0 Å². The molecule has 94 valence electrons. The van der Waals surface area contributed by atoms with Crippen LogP contribution in [0.3, 0.4) is 0 Å². The van der Waals surface area contributed by atoms with E-state index < -0.39 is 0 Å². The van der Waals surface area contributed by atoms with Crippen molar-refractivity contribution in [3.63, 3.8) is 0 Å². The number of nitrogens with zero attached hydrogens (tertiary/aromatic N) is 1. The van der Waals surface area contributed by atoms with Crippen LogP contribution in [-0.2, 0) is 5.41 Å². The maximum absolute atomic E-state index is 9.03. The van der Waals surface area contributed by atoms with Crippen LogP contribution in [0.1, 0.15) is 25.2 Å². The molecular formula is C15H12N2OS. The van der Waals surface area contributed by atoms with Crippen LogP contribution in [0.5, 0.6) is 0 Å². The first-order valence-electron chi connectivity index (χ1n) is 5.98. The van der Waals surface area contributed by atoms with E-state index in [2.05, 4.69) is 31.3 Å². The van der Waals surface area contributed by atoms with Crippen molar-refractivity contribution >= 4 is 22.9 Å². The zero-order chi connectivity index (χ0) is 13.6. The molecule has 0 saturated carbocycles. The number of benzene rings is 1. The van der Waals surface area contributed by atoms with Crippen molar-refractivity contribution in [2.45, 2.75) is 19.3 Å². The summed E-state index contributed by atoms with van der Waals surface area (Å²) in [7, 11) is 0. The molecule has 0 amide bonds. The van der Waals surface area contributed by atoms with E-state index in [1.807, 2.05) is 18.2 Å². The number of furan rings is 1.